The minimum absolute atomic E-state index is 0.0881. The fourth-order valence-electron chi connectivity index (χ4n) is 3.35. The van der Waals surface area contributed by atoms with E-state index in [-0.39, 0.29) is 5.91 Å². The number of carbonyl (C=O) groups is 1. The number of hydrogen-bond donors (Lipinski definition) is 2. The smallest absolute Gasteiger partial charge is 0.272 e. The van der Waals surface area contributed by atoms with Crippen molar-refractivity contribution in [1.29, 1.82) is 0 Å². The van der Waals surface area contributed by atoms with Crippen molar-refractivity contribution >= 4 is 5.91 Å². The molecule has 2 heterocycles. The normalized spacial score (nSPS) is 15.8. The van der Waals surface area contributed by atoms with Gasteiger partial charge in [-0.25, -0.2) is 0 Å². The van der Waals surface area contributed by atoms with E-state index >= 15 is 0 Å². The molecular formula is C16H18N4O. The van der Waals surface area contributed by atoms with Crippen molar-refractivity contribution in [2.24, 2.45) is 0 Å². The summed E-state index contributed by atoms with van der Waals surface area (Å²) in [5.74, 6) is -0.0881. The number of nitrogens with zero attached hydrogens (tertiary/aromatic N) is 2. The number of H-pyrrole nitrogens is 1. The molecule has 2 N–H and O–H groups in total. The molecule has 108 valence electrons. The van der Waals surface area contributed by atoms with E-state index in [0.717, 1.165) is 48.9 Å². The third kappa shape index (κ3) is 2.22. The second-order valence-corrected chi connectivity index (χ2v) is 5.87. The van der Waals surface area contributed by atoms with Gasteiger partial charge >= 0.3 is 0 Å². The first-order valence-electron chi connectivity index (χ1n) is 7.62. The first-order valence-corrected chi connectivity index (χ1v) is 7.62. The van der Waals surface area contributed by atoms with Crippen LogP contribution in [0.4, 0.5) is 0 Å². The predicted octanol–water partition coefficient (Wildman–Crippen LogP) is 1.71. The molecule has 1 amide bonds. The summed E-state index contributed by atoms with van der Waals surface area (Å²) in [4.78, 5) is 16.7. The Labute approximate surface area is 123 Å². The monoisotopic (exact) mass is 282 g/mol. The molecule has 0 aromatic carbocycles. The molecule has 0 bridgehead atoms. The van der Waals surface area contributed by atoms with Gasteiger partial charge in [-0.15, -0.1) is 0 Å². The van der Waals surface area contributed by atoms with Crippen molar-refractivity contribution in [1.82, 2.24) is 20.5 Å². The van der Waals surface area contributed by atoms with Gasteiger partial charge in [-0.2, -0.15) is 5.10 Å². The lowest BCUT2D eigenvalue weighted by Gasteiger charge is -2.06. The van der Waals surface area contributed by atoms with Crippen LogP contribution in [0.2, 0.25) is 0 Å². The second kappa shape index (κ2) is 4.98. The van der Waals surface area contributed by atoms with Crippen LogP contribution in [-0.2, 0) is 32.2 Å². The van der Waals surface area contributed by atoms with Crippen molar-refractivity contribution in [3.63, 3.8) is 0 Å². The highest BCUT2D eigenvalue weighted by molar-refractivity contribution is 5.94. The number of rotatable bonds is 3. The van der Waals surface area contributed by atoms with Crippen LogP contribution < -0.4 is 5.32 Å². The number of carbonyl (C=O) groups excluding carboxylic acids is 1. The van der Waals surface area contributed by atoms with E-state index < -0.39 is 0 Å². The number of pyridine rings is 1. The van der Waals surface area contributed by atoms with Crippen LogP contribution in [0.5, 0.6) is 0 Å². The predicted molar refractivity (Wildman–Crippen MR) is 78.0 cm³/mol. The number of nitrogens with one attached hydrogen (secondary N) is 2. The number of hydrogen-bond acceptors (Lipinski definition) is 3. The Bertz CT molecular complexity index is 704. The molecule has 5 heteroatoms. The van der Waals surface area contributed by atoms with Crippen LogP contribution in [0.1, 0.15) is 51.4 Å². The molecule has 0 atom stereocenters. The minimum Gasteiger partial charge on any atom is -0.346 e. The maximum Gasteiger partial charge on any atom is 0.272 e. The molecule has 0 unspecified atom stereocenters. The fraction of sp³-hybridized carbons (Fsp3) is 0.438. The summed E-state index contributed by atoms with van der Waals surface area (Å²) in [5, 5.41) is 10.1. The maximum absolute atomic E-state index is 12.3. The Morgan fingerprint density at radius 3 is 3.10 bits per heavy atom. The summed E-state index contributed by atoms with van der Waals surface area (Å²) in [6.45, 7) is 0.515. The van der Waals surface area contributed by atoms with Crippen LogP contribution >= 0.6 is 0 Å². The van der Waals surface area contributed by atoms with Gasteiger partial charge in [-0.1, -0.05) is 6.07 Å². The molecule has 2 aliphatic rings. The Morgan fingerprint density at radius 1 is 1.24 bits per heavy atom. The Balaban J connectivity index is 1.45. The molecule has 2 aliphatic carbocycles. The molecule has 0 saturated heterocycles. The zero-order valence-electron chi connectivity index (χ0n) is 11.9. The van der Waals surface area contributed by atoms with E-state index in [1.807, 2.05) is 6.20 Å². The molecular weight excluding hydrogens is 264 g/mol. The summed E-state index contributed by atoms with van der Waals surface area (Å²) in [6.07, 6.45) is 8.33. The Hall–Kier alpha value is -2.17. The number of aromatic amines is 1. The number of aromatic nitrogens is 3. The van der Waals surface area contributed by atoms with Crippen molar-refractivity contribution < 1.29 is 4.79 Å². The molecule has 5 nitrogen and oxygen atoms in total. The van der Waals surface area contributed by atoms with Crippen LogP contribution in [0.3, 0.4) is 0 Å². The van der Waals surface area contributed by atoms with Gasteiger partial charge in [0, 0.05) is 29.7 Å². The summed E-state index contributed by atoms with van der Waals surface area (Å²) >= 11 is 0. The van der Waals surface area contributed by atoms with Crippen LogP contribution in [-0.4, -0.2) is 21.1 Å². The summed E-state index contributed by atoms with van der Waals surface area (Å²) in [7, 11) is 0. The molecule has 2 aromatic heterocycles. The minimum atomic E-state index is -0.0881. The van der Waals surface area contributed by atoms with Crippen molar-refractivity contribution in [3.8, 4) is 0 Å². The zero-order valence-corrected chi connectivity index (χ0v) is 11.9. The summed E-state index contributed by atoms with van der Waals surface area (Å²) < 4.78 is 0. The van der Waals surface area contributed by atoms with Gasteiger partial charge in [-0.3, -0.25) is 14.9 Å². The van der Waals surface area contributed by atoms with Crippen molar-refractivity contribution in [2.45, 2.75) is 45.1 Å². The average Bonchev–Trinajstić information content (AvgIpc) is 3.19. The molecule has 0 fully saturated rings. The Morgan fingerprint density at radius 2 is 2.14 bits per heavy atom. The van der Waals surface area contributed by atoms with Gasteiger partial charge in [0.05, 0.1) is 0 Å². The van der Waals surface area contributed by atoms with Crippen LogP contribution in [0.15, 0.2) is 12.3 Å². The van der Waals surface area contributed by atoms with Gasteiger partial charge in [0.1, 0.15) is 0 Å². The number of aryl methyl sites for hydroxylation is 3. The first-order chi connectivity index (χ1) is 10.3. The van der Waals surface area contributed by atoms with Crippen molar-refractivity contribution in [3.05, 3.63) is 46.0 Å². The largest absolute Gasteiger partial charge is 0.346 e. The standard InChI is InChI=1S/C16H18N4O/c21-16(15-12-4-2-6-14(12)19-20-15)18-9-10-7-11-3-1-5-13(11)17-8-10/h7-8H,1-6,9H2,(H,18,21)(H,19,20). The highest BCUT2D eigenvalue weighted by atomic mass is 16.1. The number of amides is 1. The van der Waals surface area contributed by atoms with E-state index in [1.165, 1.54) is 17.7 Å². The van der Waals surface area contributed by atoms with Gasteiger partial charge in [0.15, 0.2) is 5.69 Å². The molecule has 0 aliphatic heterocycles. The maximum atomic E-state index is 12.3. The lowest BCUT2D eigenvalue weighted by atomic mass is 10.1. The first kappa shape index (κ1) is 12.6. The van der Waals surface area contributed by atoms with E-state index in [1.54, 1.807) is 0 Å². The van der Waals surface area contributed by atoms with Crippen LogP contribution in [0.25, 0.3) is 0 Å². The van der Waals surface area contributed by atoms with E-state index in [0.29, 0.717) is 12.2 Å². The second-order valence-electron chi connectivity index (χ2n) is 5.87. The number of fused-ring (bicyclic) bond motifs is 2. The van der Waals surface area contributed by atoms with Gasteiger partial charge in [-0.05, 0) is 49.7 Å². The SMILES string of the molecule is O=C(NCc1cnc2c(c1)CCC2)c1n[nH]c2c1CCC2. The molecule has 2 aromatic rings. The van der Waals surface area contributed by atoms with Gasteiger partial charge in [0.2, 0.25) is 0 Å². The summed E-state index contributed by atoms with van der Waals surface area (Å²) in [6, 6.07) is 2.17. The van der Waals surface area contributed by atoms with Crippen molar-refractivity contribution in [2.75, 3.05) is 0 Å². The quantitative estimate of drug-likeness (QED) is 0.900. The average molecular weight is 282 g/mol. The molecule has 21 heavy (non-hydrogen) atoms. The lowest BCUT2D eigenvalue weighted by molar-refractivity contribution is 0.0945. The summed E-state index contributed by atoms with van der Waals surface area (Å²) in [5.41, 5.74) is 6.41. The highest BCUT2D eigenvalue weighted by Crippen LogP contribution is 2.23. The fourth-order valence-corrected chi connectivity index (χ4v) is 3.35. The lowest BCUT2D eigenvalue weighted by Crippen LogP contribution is -2.24. The topological polar surface area (TPSA) is 70.7 Å². The Kier molecular flexibility index (Phi) is 2.98. The molecule has 4 rings (SSSR count). The van der Waals surface area contributed by atoms with Crippen LogP contribution in [0, 0.1) is 0 Å². The van der Waals surface area contributed by atoms with E-state index in [9.17, 15) is 4.79 Å². The van der Waals surface area contributed by atoms with E-state index in [2.05, 4.69) is 26.6 Å². The van der Waals surface area contributed by atoms with E-state index in [4.69, 9.17) is 0 Å². The third-order valence-electron chi connectivity index (χ3n) is 4.45. The third-order valence-corrected chi connectivity index (χ3v) is 4.45. The highest BCUT2D eigenvalue weighted by Gasteiger charge is 2.22. The molecule has 0 spiro atoms. The van der Waals surface area contributed by atoms with Gasteiger partial charge in [0.25, 0.3) is 5.91 Å². The van der Waals surface area contributed by atoms with Gasteiger partial charge < -0.3 is 5.32 Å². The zero-order chi connectivity index (χ0) is 14.2. The molecule has 0 saturated carbocycles. The molecule has 0 radical (unpaired) electrons.